The summed E-state index contributed by atoms with van der Waals surface area (Å²) in [4.78, 5) is 28.2. The van der Waals surface area contributed by atoms with Gasteiger partial charge in [-0.05, 0) is 43.4 Å². The maximum absolute atomic E-state index is 12.6. The minimum Gasteiger partial charge on any atom is -0.341 e. The maximum Gasteiger partial charge on any atom is 0.222 e. The van der Waals surface area contributed by atoms with Crippen LogP contribution in [0.4, 0.5) is 5.69 Å². The molecule has 29 heavy (non-hydrogen) atoms. The third kappa shape index (κ3) is 7.87. The third-order valence-electron chi connectivity index (χ3n) is 5.52. The van der Waals surface area contributed by atoms with Crippen molar-refractivity contribution in [2.75, 3.05) is 37.2 Å². The van der Waals surface area contributed by atoms with Gasteiger partial charge in [0.15, 0.2) is 0 Å². The van der Waals surface area contributed by atoms with Crippen molar-refractivity contribution in [3.63, 3.8) is 0 Å². The molecule has 1 N–H and O–H groups in total. The molecule has 1 unspecified atom stereocenters. The van der Waals surface area contributed by atoms with Crippen LogP contribution in [0.1, 0.15) is 51.0 Å². The van der Waals surface area contributed by atoms with Crippen molar-refractivity contribution in [2.45, 2.75) is 57.2 Å². The number of benzene rings is 1. The van der Waals surface area contributed by atoms with Gasteiger partial charge in [0.1, 0.15) is 0 Å². The zero-order chi connectivity index (χ0) is 20.5. The van der Waals surface area contributed by atoms with E-state index in [4.69, 9.17) is 0 Å². The summed E-state index contributed by atoms with van der Waals surface area (Å²) in [7, 11) is 4.03. The third-order valence-corrected chi connectivity index (χ3v) is 8.52. The van der Waals surface area contributed by atoms with Crippen LogP contribution < -0.4 is 5.32 Å². The van der Waals surface area contributed by atoms with E-state index in [1.165, 1.54) is 37.5 Å². The second-order valence-electron chi connectivity index (χ2n) is 7.96. The van der Waals surface area contributed by atoms with Crippen LogP contribution in [0.2, 0.25) is 0 Å². The lowest BCUT2D eigenvalue weighted by Gasteiger charge is -2.22. The van der Waals surface area contributed by atoms with Crippen LogP contribution in [-0.2, 0) is 16.1 Å². The van der Waals surface area contributed by atoms with Crippen LogP contribution in [-0.4, -0.2) is 58.8 Å². The van der Waals surface area contributed by atoms with Crippen LogP contribution in [0.15, 0.2) is 24.3 Å². The number of carbonyl (C=O) groups is 2. The van der Waals surface area contributed by atoms with Crippen LogP contribution in [0.3, 0.4) is 0 Å². The first-order valence-corrected chi connectivity index (χ1v) is 13.1. The predicted octanol–water partition coefficient (Wildman–Crippen LogP) is 4.39. The minimum absolute atomic E-state index is 0.0496. The summed E-state index contributed by atoms with van der Waals surface area (Å²) >= 11 is 0. The Hall–Kier alpha value is -1.18. The average Bonchev–Trinajstić information content (AvgIpc) is 3.11. The van der Waals surface area contributed by atoms with Crippen LogP contribution in [0, 0.1) is 0 Å². The van der Waals surface area contributed by atoms with Crippen molar-refractivity contribution < 1.29 is 9.59 Å². The molecule has 3 rings (SSSR count). The van der Waals surface area contributed by atoms with Crippen molar-refractivity contribution in [3.05, 3.63) is 29.8 Å². The Morgan fingerprint density at radius 1 is 1.10 bits per heavy atom. The average molecular weight is 436 g/mol. The Bertz CT molecular complexity index is 663. The molecular weight excluding hydrogens is 402 g/mol. The zero-order valence-electron chi connectivity index (χ0n) is 17.4. The number of carbonyl (C=O) groups excluding carboxylic acids is 2. The number of nitrogens with zero attached hydrogens (tertiary/aromatic N) is 2. The zero-order valence-corrected chi connectivity index (χ0v) is 19.0. The smallest absolute Gasteiger partial charge is 0.222 e. The Morgan fingerprint density at radius 3 is 2.66 bits per heavy atom. The number of unbranched alkanes of at least 4 members (excludes halogenated alkanes) is 1. The van der Waals surface area contributed by atoms with Crippen LogP contribution >= 0.6 is 21.6 Å². The summed E-state index contributed by atoms with van der Waals surface area (Å²) < 4.78 is 0. The molecule has 0 aromatic heterocycles. The number of amides is 2. The van der Waals surface area contributed by atoms with Gasteiger partial charge in [-0.2, -0.15) is 0 Å². The molecule has 2 aliphatic rings. The van der Waals surface area contributed by atoms with E-state index < -0.39 is 0 Å². The van der Waals surface area contributed by atoms with Gasteiger partial charge >= 0.3 is 0 Å². The van der Waals surface area contributed by atoms with Gasteiger partial charge in [0.25, 0.3) is 0 Å². The highest BCUT2D eigenvalue weighted by Crippen LogP contribution is 2.39. The molecule has 1 aromatic rings. The van der Waals surface area contributed by atoms with Gasteiger partial charge in [-0.25, -0.2) is 0 Å². The molecule has 0 saturated carbocycles. The van der Waals surface area contributed by atoms with E-state index in [0.717, 1.165) is 56.5 Å². The van der Waals surface area contributed by atoms with Gasteiger partial charge in [-0.3, -0.25) is 14.5 Å². The highest BCUT2D eigenvalue weighted by molar-refractivity contribution is 8.77. The summed E-state index contributed by atoms with van der Waals surface area (Å²) in [6, 6.07) is 8.04. The first-order chi connectivity index (χ1) is 14.1. The highest BCUT2D eigenvalue weighted by atomic mass is 33.1. The van der Waals surface area contributed by atoms with Crippen molar-refractivity contribution >= 4 is 39.1 Å². The molecule has 160 valence electrons. The monoisotopic (exact) mass is 435 g/mol. The summed E-state index contributed by atoms with van der Waals surface area (Å²) in [5.74, 6) is 1.57. The second kappa shape index (κ2) is 11.9. The van der Waals surface area contributed by atoms with E-state index in [9.17, 15) is 9.59 Å². The van der Waals surface area contributed by atoms with Crippen molar-refractivity contribution in [3.8, 4) is 0 Å². The number of rotatable bonds is 8. The van der Waals surface area contributed by atoms with Crippen LogP contribution in [0.5, 0.6) is 0 Å². The molecule has 1 atom stereocenters. The number of anilines is 1. The first kappa shape index (κ1) is 22.5. The largest absolute Gasteiger partial charge is 0.341 e. The molecule has 0 aliphatic carbocycles. The minimum atomic E-state index is -0.0496. The fraction of sp³-hybridized carbons (Fsp3) is 0.636. The summed E-state index contributed by atoms with van der Waals surface area (Å²) in [6.45, 7) is 6.07. The molecule has 0 radical (unpaired) electrons. The van der Waals surface area contributed by atoms with Crippen molar-refractivity contribution in [1.82, 2.24) is 9.80 Å². The molecule has 2 heterocycles. The first-order valence-electron chi connectivity index (χ1n) is 10.7. The molecule has 2 fully saturated rings. The van der Waals surface area contributed by atoms with Gasteiger partial charge in [0.05, 0.1) is 0 Å². The molecule has 2 saturated heterocycles. The van der Waals surface area contributed by atoms with Gasteiger partial charge in [0, 0.05) is 62.8 Å². The molecule has 0 spiro atoms. The molecular formula is C22H33N3O2S2. The van der Waals surface area contributed by atoms with E-state index in [-0.39, 0.29) is 5.91 Å². The second-order valence-corrected chi connectivity index (χ2v) is 10.8. The standard InChI is InChI=1S/C22H33N3O2S2/c1-18(26)23-20-9-7-19(8-10-20)17-24-12-4-13-25(15-14-24)22(27)6-3-2-5-21-11-16-28-29-21/h7-10,21H,2-6,11-17H2,1H3,(H,23,26). The number of hydrogen-bond donors (Lipinski definition) is 1. The van der Waals surface area contributed by atoms with E-state index >= 15 is 0 Å². The Balaban J connectivity index is 1.36. The Morgan fingerprint density at radius 2 is 1.93 bits per heavy atom. The lowest BCUT2D eigenvalue weighted by Crippen LogP contribution is -2.35. The Kier molecular flexibility index (Phi) is 9.21. The van der Waals surface area contributed by atoms with E-state index in [0.29, 0.717) is 12.3 Å². The fourth-order valence-electron chi connectivity index (χ4n) is 3.90. The van der Waals surface area contributed by atoms with Crippen molar-refractivity contribution in [1.29, 1.82) is 0 Å². The SMILES string of the molecule is CC(=O)Nc1ccc(CN2CCCN(C(=O)CCCCC3CCSS3)CC2)cc1. The molecule has 5 nitrogen and oxygen atoms in total. The van der Waals surface area contributed by atoms with E-state index in [1.807, 2.05) is 33.7 Å². The number of hydrogen-bond acceptors (Lipinski definition) is 5. The lowest BCUT2D eigenvalue weighted by molar-refractivity contribution is -0.131. The summed E-state index contributed by atoms with van der Waals surface area (Å²) in [5, 5.41) is 3.62. The lowest BCUT2D eigenvalue weighted by atomic mass is 10.1. The summed E-state index contributed by atoms with van der Waals surface area (Å²) in [6.07, 6.45) is 6.54. The van der Waals surface area contributed by atoms with Gasteiger partial charge in [-0.15, -0.1) is 0 Å². The number of nitrogens with one attached hydrogen (secondary N) is 1. The molecule has 1 aromatic carbocycles. The maximum atomic E-state index is 12.6. The van der Waals surface area contributed by atoms with E-state index in [1.54, 1.807) is 0 Å². The van der Waals surface area contributed by atoms with Gasteiger partial charge in [-0.1, -0.05) is 40.1 Å². The highest BCUT2D eigenvalue weighted by Gasteiger charge is 2.20. The summed E-state index contributed by atoms with van der Waals surface area (Å²) in [5.41, 5.74) is 2.07. The predicted molar refractivity (Wildman–Crippen MR) is 124 cm³/mol. The topological polar surface area (TPSA) is 52.7 Å². The molecule has 7 heteroatoms. The molecule has 0 bridgehead atoms. The Labute approximate surface area is 182 Å². The normalized spacial score (nSPS) is 20.4. The fourth-order valence-corrected chi connectivity index (χ4v) is 6.93. The van der Waals surface area contributed by atoms with Gasteiger partial charge < -0.3 is 10.2 Å². The molecule has 2 amide bonds. The van der Waals surface area contributed by atoms with Gasteiger partial charge in [0.2, 0.25) is 11.8 Å². The molecule has 2 aliphatic heterocycles. The van der Waals surface area contributed by atoms with Crippen LogP contribution in [0.25, 0.3) is 0 Å². The quantitative estimate of drug-likeness (QED) is 0.485. The van der Waals surface area contributed by atoms with Crippen molar-refractivity contribution in [2.24, 2.45) is 0 Å². The van der Waals surface area contributed by atoms with E-state index in [2.05, 4.69) is 27.2 Å².